The van der Waals surface area contributed by atoms with Crippen molar-refractivity contribution in [3.8, 4) is 5.75 Å². The lowest BCUT2D eigenvalue weighted by atomic mass is 10.2. The molecule has 0 aliphatic heterocycles. The quantitative estimate of drug-likeness (QED) is 0.803. The smallest absolute Gasteiger partial charge is 0.126 e. The Kier molecular flexibility index (Phi) is 3.89. The summed E-state index contributed by atoms with van der Waals surface area (Å²) < 4.78 is 18.3. The van der Waals surface area contributed by atoms with E-state index in [2.05, 4.69) is 0 Å². The number of hydrogen-bond acceptors (Lipinski definition) is 2. The van der Waals surface area contributed by atoms with E-state index in [4.69, 9.17) is 10.5 Å². The number of ether oxygens (including phenoxy) is 1. The van der Waals surface area contributed by atoms with Crippen molar-refractivity contribution in [2.24, 2.45) is 5.73 Å². The number of benzene rings is 1. The Balaban J connectivity index is 2.47. The zero-order chi connectivity index (χ0) is 10.6. The van der Waals surface area contributed by atoms with Crippen LogP contribution in [0.3, 0.4) is 0 Å². The molecule has 0 aromatic heterocycles. The molecule has 0 aliphatic rings. The van der Waals surface area contributed by atoms with E-state index in [-0.39, 0.29) is 11.9 Å². The van der Waals surface area contributed by atoms with E-state index in [0.717, 1.165) is 6.42 Å². The van der Waals surface area contributed by atoms with Gasteiger partial charge in [0, 0.05) is 6.04 Å². The van der Waals surface area contributed by atoms with Crippen LogP contribution in [0.4, 0.5) is 4.39 Å². The van der Waals surface area contributed by atoms with E-state index < -0.39 is 0 Å². The summed E-state index contributed by atoms with van der Waals surface area (Å²) in [4.78, 5) is 0. The molecule has 1 atom stereocenters. The highest BCUT2D eigenvalue weighted by Crippen LogP contribution is 2.15. The minimum Gasteiger partial charge on any atom is -0.494 e. The number of nitrogens with two attached hydrogens (primary N) is 1. The van der Waals surface area contributed by atoms with Crippen LogP contribution in [-0.2, 0) is 0 Å². The van der Waals surface area contributed by atoms with Gasteiger partial charge in [-0.1, -0.05) is 0 Å². The number of aryl methyl sites for hydroxylation is 1. The summed E-state index contributed by atoms with van der Waals surface area (Å²) in [5.41, 5.74) is 6.17. The van der Waals surface area contributed by atoms with Crippen LogP contribution in [-0.4, -0.2) is 12.6 Å². The Labute approximate surface area is 83.9 Å². The fraction of sp³-hybridized carbons (Fsp3) is 0.455. The molecule has 14 heavy (non-hydrogen) atoms. The van der Waals surface area contributed by atoms with Crippen LogP contribution in [0.1, 0.15) is 18.9 Å². The average molecular weight is 197 g/mol. The Morgan fingerprint density at radius 3 is 2.79 bits per heavy atom. The third kappa shape index (κ3) is 3.34. The van der Waals surface area contributed by atoms with Crippen molar-refractivity contribution in [1.82, 2.24) is 0 Å². The van der Waals surface area contributed by atoms with Gasteiger partial charge < -0.3 is 10.5 Å². The number of rotatable bonds is 4. The van der Waals surface area contributed by atoms with Gasteiger partial charge in [0.2, 0.25) is 0 Å². The van der Waals surface area contributed by atoms with Crippen molar-refractivity contribution in [2.75, 3.05) is 6.61 Å². The summed E-state index contributed by atoms with van der Waals surface area (Å²) >= 11 is 0. The molecule has 1 unspecified atom stereocenters. The lowest BCUT2D eigenvalue weighted by Crippen LogP contribution is -2.18. The van der Waals surface area contributed by atoms with E-state index in [1.165, 1.54) is 6.07 Å². The second-order valence-corrected chi connectivity index (χ2v) is 3.53. The third-order valence-electron chi connectivity index (χ3n) is 1.97. The summed E-state index contributed by atoms with van der Waals surface area (Å²) in [6.45, 7) is 4.22. The monoisotopic (exact) mass is 197 g/mol. The third-order valence-corrected chi connectivity index (χ3v) is 1.97. The standard InChI is InChI=1S/C11H16FNO/c1-8-7-10(3-4-11(8)12)14-6-5-9(2)13/h3-4,7,9H,5-6,13H2,1-2H3. The van der Waals surface area contributed by atoms with Gasteiger partial charge in [-0.2, -0.15) is 0 Å². The topological polar surface area (TPSA) is 35.2 Å². The van der Waals surface area contributed by atoms with Gasteiger partial charge in [0.1, 0.15) is 11.6 Å². The fourth-order valence-corrected chi connectivity index (χ4v) is 1.07. The highest BCUT2D eigenvalue weighted by atomic mass is 19.1. The zero-order valence-corrected chi connectivity index (χ0v) is 8.59. The molecule has 0 amide bonds. The maximum atomic E-state index is 12.9. The maximum Gasteiger partial charge on any atom is 0.126 e. The van der Waals surface area contributed by atoms with Gasteiger partial charge in [0.15, 0.2) is 0 Å². The summed E-state index contributed by atoms with van der Waals surface area (Å²) in [6.07, 6.45) is 0.802. The van der Waals surface area contributed by atoms with Crippen LogP contribution in [0.5, 0.6) is 5.75 Å². The Morgan fingerprint density at radius 2 is 2.21 bits per heavy atom. The van der Waals surface area contributed by atoms with Gasteiger partial charge in [-0.25, -0.2) is 4.39 Å². The van der Waals surface area contributed by atoms with Crippen molar-refractivity contribution < 1.29 is 9.13 Å². The maximum absolute atomic E-state index is 12.9. The van der Waals surface area contributed by atoms with Gasteiger partial charge in [-0.05, 0) is 44.0 Å². The first kappa shape index (κ1) is 11.0. The van der Waals surface area contributed by atoms with Crippen LogP contribution < -0.4 is 10.5 Å². The van der Waals surface area contributed by atoms with Crippen molar-refractivity contribution in [3.05, 3.63) is 29.6 Å². The highest BCUT2D eigenvalue weighted by molar-refractivity contribution is 5.28. The normalized spacial score (nSPS) is 12.6. The largest absolute Gasteiger partial charge is 0.494 e. The SMILES string of the molecule is Cc1cc(OCCC(C)N)ccc1F. The molecule has 1 rings (SSSR count). The van der Waals surface area contributed by atoms with Gasteiger partial charge in [-0.15, -0.1) is 0 Å². The molecule has 3 heteroatoms. The molecule has 0 saturated carbocycles. The van der Waals surface area contributed by atoms with E-state index >= 15 is 0 Å². The highest BCUT2D eigenvalue weighted by Gasteiger charge is 2.00. The molecule has 0 heterocycles. The molecule has 0 saturated heterocycles. The Bertz CT molecular complexity index is 299. The van der Waals surface area contributed by atoms with Crippen LogP contribution >= 0.6 is 0 Å². The molecule has 0 fully saturated rings. The van der Waals surface area contributed by atoms with E-state index in [1.807, 2.05) is 6.92 Å². The van der Waals surface area contributed by atoms with Gasteiger partial charge in [0.05, 0.1) is 6.61 Å². The van der Waals surface area contributed by atoms with Gasteiger partial charge >= 0.3 is 0 Å². The molecule has 0 bridgehead atoms. The molecule has 2 nitrogen and oxygen atoms in total. The number of hydrogen-bond donors (Lipinski definition) is 1. The molecule has 0 spiro atoms. The molecule has 1 aromatic carbocycles. The van der Waals surface area contributed by atoms with Crippen LogP contribution in [0.25, 0.3) is 0 Å². The predicted molar refractivity (Wildman–Crippen MR) is 54.9 cm³/mol. The zero-order valence-electron chi connectivity index (χ0n) is 8.59. The lowest BCUT2D eigenvalue weighted by molar-refractivity contribution is 0.300. The summed E-state index contributed by atoms with van der Waals surface area (Å²) in [7, 11) is 0. The molecule has 1 aromatic rings. The van der Waals surface area contributed by atoms with Crippen molar-refractivity contribution in [3.63, 3.8) is 0 Å². The number of halogens is 1. The van der Waals surface area contributed by atoms with Crippen molar-refractivity contribution in [2.45, 2.75) is 26.3 Å². The minimum atomic E-state index is -0.204. The van der Waals surface area contributed by atoms with Crippen LogP contribution in [0, 0.1) is 12.7 Å². The van der Waals surface area contributed by atoms with Crippen molar-refractivity contribution in [1.29, 1.82) is 0 Å². The summed E-state index contributed by atoms with van der Waals surface area (Å²) in [6, 6.07) is 4.87. The van der Waals surface area contributed by atoms with Crippen molar-refractivity contribution >= 4 is 0 Å². The Hall–Kier alpha value is -1.09. The van der Waals surface area contributed by atoms with E-state index in [1.54, 1.807) is 19.1 Å². The summed E-state index contributed by atoms with van der Waals surface area (Å²) in [5.74, 6) is 0.495. The molecular weight excluding hydrogens is 181 g/mol. The molecule has 2 N–H and O–H groups in total. The lowest BCUT2D eigenvalue weighted by Gasteiger charge is -2.08. The first-order chi connectivity index (χ1) is 6.59. The minimum absolute atomic E-state index is 0.136. The fourth-order valence-electron chi connectivity index (χ4n) is 1.07. The average Bonchev–Trinajstić information content (AvgIpc) is 2.10. The molecule has 78 valence electrons. The van der Waals surface area contributed by atoms with Crippen LogP contribution in [0.2, 0.25) is 0 Å². The van der Waals surface area contributed by atoms with Crippen LogP contribution in [0.15, 0.2) is 18.2 Å². The first-order valence-corrected chi connectivity index (χ1v) is 4.74. The molecular formula is C11H16FNO. The molecule has 0 aliphatic carbocycles. The predicted octanol–water partition coefficient (Wildman–Crippen LogP) is 2.25. The van der Waals surface area contributed by atoms with Gasteiger partial charge in [0.25, 0.3) is 0 Å². The second kappa shape index (κ2) is 4.96. The second-order valence-electron chi connectivity index (χ2n) is 3.53. The van der Waals surface area contributed by atoms with E-state index in [0.29, 0.717) is 17.9 Å². The summed E-state index contributed by atoms with van der Waals surface area (Å²) in [5, 5.41) is 0. The Morgan fingerprint density at radius 1 is 1.50 bits per heavy atom. The van der Waals surface area contributed by atoms with Gasteiger partial charge in [-0.3, -0.25) is 0 Å². The first-order valence-electron chi connectivity index (χ1n) is 4.74. The van der Waals surface area contributed by atoms with E-state index in [9.17, 15) is 4.39 Å². The molecule has 0 radical (unpaired) electrons.